The van der Waals surface area contributed by atoms with E-state index >= 15 is 0 Å². The molecule has 0 spiro atoms. The highest BCUT2D eigenvalue weighted by atomic mass is 35.5. The molecule has 0 aromatic heterocycles. The Hall–Kier alpha value is -2.73. The Balaban J connectivity index is 1.33. The molecule has 6 nitrogen and oxygen atoms in total. The molecule has 0 bridgehead atoms. The third-order valence-electron chi connectivity index (χ3n) is 4.71. The van der Waals surface area contributed by atoms with E-state index in [4.69, 9.17) is 21.1 Å². The van der Waals surface area contributed by atoms with Crippen LogP contribution in [0.5, 0.6) is 11.5 Å². The minimum atomic E-state index is -0.412. The van der Waals surface area contributed by atoms with E-state index in [-0.39, 0.29) is 24.3 Å². The fraction of sp³-hybridized carbons (Fsp3) is 0.300. The molecule has 0 radical (unpaired) electrons. The van der Waals surface area contributed by atoms with E-state index in [0.29, 0.717) is 41.9 Å². The normalized spacial score (nSPS) is 21.2. The molecule has 140 valence electrons. The smallest absolute Gasteiger partial charge is 0.227 e. The van der Waals surface area contributed by atoms with E-state index in [1.165, 1.54) is 0 Å². The predicted octanol–water partition coefficient (Wildman–Crippen LogP) is 2.65. The van der Waals surface area contributed by atoms with Crippen molar-refractivity contribution >= 4 is 29.1 Å². The summed E-state index contributed by atoms with van der Waals surface area (Å²) in [6.07, 6.45) is -0.0947. The van der Waals surface area contributed by atoms with Gasteiger partial charge >= 0.3 is 0 Å². The first-order valence-electron chi connectivity index (χ1n) is 8.83. The number of anilines is 1. The van der Waals surface area contributed by atoms with Crippen LogP contribution in [0.3, 0.4) is 0 Å². The van der Waals surface area contributed by atoms with Crippen molar-refractivity contribution in [1.29, 1.82) is 0 Å². The van der Waals surface area contributed by atoms with Crippen molar-refractivity contribution in [3.63, 3.8) is 0 Å². The quantitative estimate of drug-likeness (QED) is 0.877. The van der Waals surface area contributed by atoms with E-state index in [1.54, 1.807) is 23.1 Å². The Labute approximate surface area is 162 Å². The molecule has 2 atom stereocenters. The highest BCUT2D eigenvalue weighted by Gasteiger charge is 2.36. The van der Waals surface area contributed by atoms with Crippen LogP contribution in [0.2, 0.25) is 5.02 Å². The van der Waals surface area contributed by atoms with Gasteiger partial charge in [0.1, 0.15) is 12.7 Å². The van der Waals surface area contributed by atoms with Crippen LogP contribution < -0.4 is 19.7 Å². The van der Waals surface area contributed by atoms with Crippen LogP contribution in [0.25, 0.3) is 0 Å². The number of fused-ring (bicyclic) bond motifs is 1. The number of para-hydroxylation sites is 3. The van der Waals surface area contributed by atoms with Gasteiger partial charge in [-0.05, 0) is 24.3 Å². The van der Waals surface area contributed by atoms with Gasteiger partial charge in [0.25, 0.3) is 0 Å². The summed E-state index contributed by atoms with van der Waals surface area (Å²) in [5.74, 6) is 0.696. The number of hydrogen-bond acceptors (Lipinski definition) is 4. The third-order valence-corrected chi connectivity index (χ3v) is 5.03. The topological polar surface area (TPSA) is 67.9 Å². The first-order chi connectivity index (χ1) is 13.1. The number of benzene rings is 2. The number of amides is 2. The van der Waals surface area contributed by atoms with Gasteiger partial charge in [-0.1, -0.05) is 35.9 Å². The second-order valence-corrected chi connectivity index (χ2v) is 7.01. The van der Waals surface area contributed by atoms with Crippen LogP contribution in [0.15, 0.2) is 48.5 Å². The SMILES string of the molecule is O=C(NC[C@@H]1COc2ccccc2O1)[C@H]1CC(=O)N(c2ccccc2Cl)C1. The summed E-state index contributed by atoms with van der Waals surface area (Å²) in [6.45, 7) is 1.01. The van der Waals surface area contributed by atoms with Gasteiger partial charge in [0.05, 0.1) is 23.2 Å². The molecule has 2 amide bonds. The van der Waals surface area contributed by atoms with Gasteiger partial charge in [-0.15, -0.1) is 0 Å². The van der Waals surface area contributed by atoms with E-state index in [0.717, 1.165) is 0 Å². The molecular weight excluding hydrogens is 368 g/mol. The molecule has 4 rings (SSSR count). The molecule has 7 heteroatoms. The van der Waals surface area contributed by atoms with Gasteiger partial charge in [0.15, 0.2) is 11.5 Å². The standard InChI is InChI=1S/C20H19ClN2O4/c21-15-5-1-2-6-16(15)23-11-13(9-19(23)24)20(25)22-10-14-12-26-17-7-3-4-8-18(17)27-14/h1-8,13-14H,9-12H2,(H,22,25)/t13-,14+/m0/s1. The van der Waals surface area contributed by atoms with E-state index in [2.05, 4.69) is 5.32 Å². The molecule has 2 aromatic carbocycles. The van der Waals surface area contributed by atoms with Crippen LogP contribution in [0, 0.1) is 5.92 Å². The van der Waals surface area contributed by atoms with Crippen LogP contribution in [0.4, 0.5) is 5.69 Å². The Kier molecular flexibility index (Phi) is 4.90. The average Bonchev–Trinajstić information content (AvgIpc) is 3.08. The highest BCUT2D eigenvalue weighted by Crippen LogP contribution is 2.32. The number of rotatable bonds is 4. The number of ether oxygens (including phenoxy) is 2. The number of carbonyl (C=O) groups excluding carboxylic acids is 2. The summed E-state index contributed by atoms with van der Waals surface area (Å²) in [5.41, 5.74) is 0.639. The number of halogens is 1. The van der Waals surface area contributed by atoms with Crippen molar-refractivity contribution in [2.24, 2.45) is 5.92 Å². The summed E-state index contributed by atoms with van der Waals surface area (Å²) in [4.78, 5) is 26.4. The molecule has 2 heterocycles. The van der Waals surface area contributed by atoms with E-state index < -0.39 is 5.92 Å². The number of nitrogens with zero attached hydrogens (tertiary/aromatic N) is 1. The van der Waals surface area contributed by atoms with Gasteiger partial charge in [0.2, 0.25) is 11.8 Å². The summed E-state index contributed by atoms with van der Waals surface area (Å²) in [6, 6.07) is 14.6. The molecule has 2 aliphatic rings. The van der Waals surface area contributed by atoms with Crippen molar-refractivity contribution in [2.75, 3.05) is 24.6 Å². The summed E-state index contributed by atoms with van der Waals surface area (Å²) >= 11 is 6.18. The van der Waals surface area contributed by atoms with Crippen molar-refractivity contribution in [2.45, 2.75) is 12.5 Å². The monoisotopic (exact) mass is 386 g/mol. The molecule has 1 N–H and O–H groups in total. The maximum Gasteiger partial charge on any atom is 0.227 e. The molecule has 1 fully saturated rings. The zero-order valence-electron chi connectivity index (χ0n) is 14.6. The average molecular weight is 387 g/mol. The van der Waals surface area contributed by atoms with Gasteiger partial charge in [0, 0.05) is 13.0 Å². The molecule has 0 unspecified atom stereocenters. The molecular formula is C20H19ClN2O4. The summed E-state index contributed by atoms with van der Waals surface area (Å²) in [7, 11) is 0. The second-order valence-electron chi connectivity index (χ2n) is 6.60. The van der Waals surface area contributed by atoms with Crippen molar-refractivity contribution in [3.8, 4) is 11.5 Å². The zero-order valence-corrected chi connectivity index (χ0v) is 15.3. The van der Waals surface area contributed by atoms with Gasteiger partial charge < -0.3 is 19.7 Å². The fourth-order valence-corrected chi connectivity index (χ4v) is 3.55. The Morgan fingerprint density at radius 2 is 1.89 bits per heavy atom. The van der Waals surface area contributed by atoms with Gasteiger partial charge in [-0.25, -0.2) is 0 Å². The lowest BCUT2D eigenvalue weighted by Crippen LogP contribution is -2.43. The first-order valence-corrected chi connectivity index (χ1v) is 9.20. The van der Waals surface area contributed by atoms with Crippen LogP contribution in [-0.4, -0.2) is 37.6 Å². The molecule has 2 aromatic rings. The zero-order chi connectivity index (χ0) is 18.8. The Bertz CT molecular complexity index is 873. The van der Waals surface area contributed by atoms with Gasteiger partial charge in [-0.2, -0.15) is 0 Å². The minimum Gasteiger partial charge on any atom is -0.486 e. The summed E-state index contributed by atoms with van der Waals surface area (Å²) in [5, 5.41) is 3.37. The van der Waals surface area contributed by atoms with Gasteiger partial charge in [-0.3, -0.25) is 9.59 Å². The van der Waals surface area contributed by atoms with Crippen molar-refractivity contribution in [3.05, 3.63) is 53.6 Å². The number of nitrogens with one attached hydrogen (secondary N) is 1. The maximum absolute atomic E-state index is 12.5. The minimum absolute atomic E-state index is 0.102. The fourth-order valence-electron chi connectivity index (χ4n) is 3.31. The van der Waals surface area contributed by atoms with Crippen LogP contribution >= 0.6 is 11.6 Å². The number of hydrogen-bond donors (Lipinski definition) is 1. The molecule has 2 aliphatic heterocycles. The Morgan fingerprint density at radius 1 is 1.15 bits per heavy atom. The Morgan fingerprint density at radius 3 is 2.70 bits per heavy atom. The van der Waals surface area contributed by atoms with Crippen LogP contribution in [0.1, 0.15) is 6.42 Å². The van der Waals surface area contributed by atoms with E-state index in [9.17, 15) is 9.59 Å². The van der Waals surface area contributed by atoms with E-state index in [1.807, 2.05) is 30.3 Å². The highest BCUT2D eigenvalue weighted by molar-refractivity contribution is 6.33. The lowest BCUT2D eigenvalue weighted by Gasteiger charge is -2.26. The molecule has 1 saturated heterocycles. The second kappa shape index (κ2) is 7.48. The van der Waals surface area contributed by atoms with Crippen LogP contribution in [-0.2, 0) is 9.59 Å². The first kappa shape index (κ1) is 17.7. The lowest BCUT2D eigenvalue weighted by atomic mass is 10.1. The third kappa shape index (κ3) is 3.71. The predicted molar refractivity (Wildman–Crippen MR) is 101 cm³/mol. The summed E-state index contributed by atoms with van der Waals surface area (Å²) < 4.78 is 11.5. The van der Waals surface area contributed by atoms with Crippen molar-refractivity contribution < 1.29 is 19.1 Å². The maximum atomic E-state index is 12.5. The molecule has 0 aliphatic carbocycles. The largest absolute Gasteiger partial charge is 0.486 e. The van der Waals surface area contributed by atoms with Crippen molar-refractivity contribution in [1.82, 2.24) is 5.32 Å². The number of carbonyl (C=O) groups is 2. The molecule has 0 saturated carbocycles. The molecule has 27 heavy (non-hydrogen) atoms. The lowest BCUT2D eigenvalue weighted by molar-refractivity contribution is -0.126.